The first kappa shape index (κ1) is 11.1. The molecule has 0 aliphatic carbocycles. The van der Waals surface area contributed by atoms with Crippen molar-refractivity contribution in [1.29, 1.82) is 0 Å². The number of hydrogen-bond donors (Lipinski definition) is 0. The Morgan fingerprint density at radius 3 is 3.00 bits per heavy atom. The predicted molar refractivity (Wildman–Crippen MR) is 56.9 cm³/mol. The molecule has 1 aromatic carbocycles. The molecule has 0 fully saturated rings. The van der Waals surface area contributed by atoms with Crippen LogP contribution in [0.1, 0.15) is 5.56 Å². The summed E-state index contributed by atoms with van der Waals surface area (Å²) >= 11 is 3.21. The average molecular weight is 288 g/mol. The highest BCUT2D eigenvalue weighted by molar-refractivity contribution is 9.10. The van der Waals surface area contributed by atoms with Crippen LogP contribution in [0.2, 0.25) is 0 Å². The largest absolute Gasteiger partial charge is 0.486 e. The minimum Gasteiger partial charge on any atom is -0.486 e. The Labute approximate surface area is 99.2 Å². The molecule has 4 nitrogen and oxygen atoms in total. The molecule has 0 unspecified atom stereocenters. The first-order valence-corrected chi connectivity index (χ1v) is 5.33. The fourth-order valence-electron chi connectivity index (χ4n) is 1.41. The standard InChI is InChI=1S/C10H7BrFNO3/c11-9-6(4-13-5-14)7(12)3-8-10(9)16-2-1-15-8/h3H,1-2,4H2. The summed E-state index contributed by atoms with van der Waals surface area (Å²) in [5.74, 6) is 0.313. The fourth-order valence-corrected chi connectivity index (χ4v) is 2.04. The molecule has 84 valence electrons. The highest BCUT2D eigenvalue weighted by Crippen LogP contribution is 2.41. The summed E-state index contributed by atoms with van der Waals surface area (Å²) < 4.78 is 24.6. The van der Waals surface area contributed by atoms with Crippen molar-refractivity contribution in [2.24, 2.45) is 4.99 Å². The van der Waals surface area contributed by atoms with Crippen LogP contribution in [0, 0.1) is 5.82 Å². The van der Waals surface area contributed by atoms with Crippen molar-refractivity contribution in [2.45, 2.75) is 6.54 Å². The fraction of sp³-hybridized carbons (Fsp3) is 0.300. The van der Waals surface area contributed by atoms with E-state index < -0.39 is 5.82 Å². The summed E-state index contributed by atoms with van der Waals surface area (Å²) in [6.07, 6.45) is 1.37. The van der Waals surface area contributed by atoms with Gasteiger partial charge in [0.1, 0.15) is 19.0 Å². The molecule has 0 amide bonds. The third-order valence-electron chi connectivity index (χ3n) is 2.12. The van der Waals surface area contributed by atoms with Gasteiger partial charge in [0.25, 0.3) is 0 Å². The Bertz CT molecular complexity index is 472. The monoisotopic (exact) mass is 287 g/mol. The lowest BCUT2D eigenvalue weighted by Crippen LogP contribution is -2.16. The maximum atomic E-state index is 13.6. The molecule has 0 saturated heterocycles. The zero-order valence-corrected chi connectivity index (χ0v) is 9.71. The van der Waals surface area contributed by atoms with Crippen molar-refractivity contribution >= 4 is 22.0 Å². The highest BCUT2D eigenvalue weighted by Gasteiger charge is 2.21. The molecule has 1 aliphatic rings. The van der Waals surface area contributed by atoms with E-state index in [2.05, 4.69) is 20.9 Å². The van der Waals surface area contributed by atoms with Crippen LogP contribution in [0.5, 0.6) is 11.5 Å². The number of rotatable bonds is 2. The zero-order chi connectivity index (χ0) is 11.5. The van der Waals surface area contributed by atoms with Crippen LogP contribution in [0.3, 0.4) is 0 Å². The van der Waals surface area contributed by atoms with Gasteiger partial charge in [-0.1, -0.05) is 0 Å². The topological polar surface area (TPSA) is 47.9 Å². The second-order valence-electron chi connectivity index (χ2n) is 3.08. The van der Waals surface area contributed by atoms with Gasteiger partial charge in [0.15, 0.2) is 11.5 Å². The Balaban J connectivity index is 2.49. The molecule has 16 heavy (non-hydrogen) atoms. The lowest BCUT2D eigenvalue weighted by Gasteiger charge is -2.20. The highest BCUT2D eigenvalue weighted by atomic mass is 79.9. The maximum absolute atomic E-state index is 13.6. The van der Waals surface area contributed by atoms with Gasteiger partial charge in [-0.2, -0.15) is 0 Å². The minimum absolute atomic E-state index is 0.0768. The van der Waals surface area contributed by atoms with E-state index in [1.807, 2.05) is 0 Å². The van der Waals surface area contributed by atoms with Crippen molar-refractivity contribution in [3.05, 3.63) is 21.9 Å². The lowest BCUT2D eigenvalue weighted by atomic mass is 10.2. The number of isocyanates is 1. The van der Waals surface area contributed by atoms with Crippen LogP contribution in [0.15, 0.2) is 15.5 Å². The summed E-state index contributed by atoms with van der Waals surface area (Å²) in [4.78, 5) is 13.3. The zero-order valence-electron chi connectivity index (χ0n) is 8.13. The summed E-state index contributed by atoms with van der Waals surface area (Å²) in [6.45, 7) is 0.727. The van der Waals surface area contributed by atoms with Crippen molar-refractivity contribution < 1.29 is 18.7 Å². The van der Waals surface area contributed by atoms with Gasteiger partial charge in [-0.05, 0) is 15.9 Å². The molecule has 0 atom stereocenters. The van der Waals surface area contributed by atoms with E-state index in [9.17, 15) is 9.18 Å². The molecule has 0 bridgehead atoms. The number of fused-ring (bicyclic) bond motifs is 1. The number of benzene rings is 1. The average Bonchev–Trinajstić information content (AvgIpc) is 2.29. The Kier molecular flexibility index (Phi) is 3.22. The van der Waals surface area contributed by atoms with Gasteiger partial charge in [0, 0.05) is 11.6 Å². The SMILES string of the molecule is O=C=NCc1c(F)cc2c(c1Br)OCCO2. The summed E-state index contributed by atoms with van der Waals surface area (Å²) in [7, 11) is 0. The number of aliphatic imine (C=N–C) groups is 1. The maximum Gasteiger partial charge on any atom is 0.235 e. The molecule has 0 radical (unpaired) electrons. The third-order valence-corrected chi connectivity index (χ3v) is 2.96. The van der Waals surface area contributed by atoms with Crippen molar-refractivity contribution in [3.63, 3.8) is 0 Å². The lowest BCUT2D eigenvalue weighted by molar-refractivity contribution is 0.169. The minimum atomic E-state index is -0.491. The van der Waals surface area contributed by atoms with Gasteiger partial charge in [-0.15, -0.1) is 0 Å². The number of nitrogens with zero attached hydrogens (tertiary/aromatic N) is 1. The van der Waals surface area contributed by atoms with E-state index in [1.165, 1.54) is 12.1 Å². The van der Waals surface area contributed by atoms with E-state index >= 15 is 0 Å². The smallest absolute Gasteiger partial charge is 0.235 e. The van der Waals surface area contributed by atoms with Gasteiger partial charge in [-0.25, -0.2) is 14.2 Å². The van der Waals surface area contributed by atoms with Gasteiger partial charge in [0.2, 0.25) is 6.08 Å². The molecule has 1 aliphatic heterocycles. The van der Waals surface area contributed by atoms with Crippen LogP contribution in [0.25, 0.3) is 0 Å². The molecule has 1 heterocycles. The molecule has 6 heteroatoms. The molecule has 0 saturated carbocycles. The van der Waals surface area contributed by atoms with Gasteiger partial charge in [-0.3, -0.25) is 0 Å². The van der Waals surface area contributed by atoms with E-state index in [0.29, 0.717) is 29.2 Å². The van der Waals surface area contributed by atoms with E-state index in [4.69, 9.17) is 9.47 Å². The van der Waals surface area contributed by atoms with Crippen molar-refractivity contribution in [2.75, 3.05) is 13.2 Å². The van der Waals surface area contributed by atoms with Crippen LogP contribution in [0.4, 0.5) is 4.39 Å². The predicted octanol–water partition coefficient (Wildman–Crippen LogP) is 2.20. The molecular formula is C10H7BrFNO3. The Hall–Kier alpha value is -1.39. The van der Waals surface area contributed by atoms with Crippen LogP contribution in [-0.2, 0) is 11.3 Å². The van der Waals surface area contributed by atoms with Crippen molar-refractivity contribution in [3.8, 4) is 11.5 Å². The first-order valence-electron chi connectivity index (χ1n) is 4.54. The Morgan fingerprint density at radius 1 is 1.50 bits per heavy atom. The van der Waals surface area contributed by atoms with E-state index in [1.54, 1.807) is 0 Å². The first-order chi connectivity index (χ1) is 7.74. The number of ether oxygens (including phenoxy) is 2. The molecule has 0 aromatic heterocycles. The number of halogens is 2. The summed E-state index contributed by atoms with van der Waals surface area (Å²) in [5, 5.41) is 0. The summed E-state index contributed by atoms with van der Waals surface area (Å²) in [6, 6.07) is 1.23. The molecule has 1 aromatic rings. The number of hydrogen-bond acceptors (Lipinski definition) is 4. The van der Waals surface area contributed by atoms with Gasteiger partial charge in [0.05, 0.1) is 11.0 Å². The Morgan fingerprint density at radius 2 is 2.25 bits per heavy atom. The third kappa shape index (κ3) is 1.94. The molecule has 0 N–H and O–H groups in total. The van der Waals surface area contributed by atoms with Crippen LogP contribution >= 0.6 is 15.9 Å². The van der Waals surface area contributed by atoms with Gasteiger partial charge < -0.3 is 9.47 Å². The second-order valence-corrected chi connectivity index (χ2v) is 3.88. The molecule has 0 spiro atoms. The number of carbonyl (C=O) groups excluding carboxylic acids is 1. The molecular weight excluding hydrogens is 281 g/mol. The van der Waals surface area contributed by atoms with E-state index in [-0.39, 0.29) is 12.1 Å². The van der Waals surface area contributed by atoms with Gasteiger partial charge >= 0.3 is 0 Å². The summed E-state index contributed by atoms with van der Waals surface area (Å²) in [5.41, 5.74) is 0.257. The normalized spacial score (nSPS) is 13.1. The van der Waals surface area contributed by atoms with Crippen LogP contribution < -0.4 is 9.47 Å². The molecule has 2 rings (SSSR count). The van der Waals surface area contributed by atoms with Crippen LogP contribution in [-0.4, -0.2) is 19.3 Å². The van der Waals surface area contributed by atoms with Crippen molar-refractivity contribution in [1.82, 2.24) is 0 Å². The van der Waals surface area contributed by atoms with E-state index in [0.717, 1.165) is 0 Å². The second kappa shape index (κ2) is 4.63. The quantitative estimate of drug-likeness (QED) is 0.619.